The number of aliphatic imine (C=N–C) groups is 1. The predicted molar refractivity (Wildman–Crippen MR) is 98.1 cm³/mol. The molecule has 1 atom stereocenters. The summed E-state index contributed by atoms with van der Waals surface area (Å²) in [5.74, 6) is 3.24. The molecule has 0 aliphatic carbocycles. The van der Waals surface area contributed by atoms with E-state index in [4.69, 9.17) is 16.3 Å². The molecule has 134 valence electrons. The van der Waals surface area contributed by atoms with E-state index in [2.05, 4.69) is 25.7 Å². The van der Waals surface area contributed by atoms with Crippen LogP contribution in [0, 0.1) is 6.92 Å². The minimum atomic E-state index is 0.105. The van der Waals surface area contributed by atoms with Gasteiger partial charge in [-0.15, -0.1) is 0 Å². The van der Waals surface area contributed by atoms with Crippen molar-refractivity contribution in [3.8, 4) is 5.75 Å². The maximum absolute atomic E-state index is 6.01. The topological polar surface area (TPSA) is 76.4 Å². The average molecular weight is 363 g/mol. The molecule has 0 radical (unpaired) electrons. The van der Waals surface area contributed by atoms with E-state index >= 15 is 0 Å². The van der Waals surface area contributed by atoms with Gasteiger partial charge >= 0.3 is 0 Å². The Balaban J connectivity index is 1.67. The molecular weight excluding hydrogens is 340 g/mol. The molecule has 0 bridgehead atoms. The largest absolute Gasteiger partial charge is 0.496 e. The number of nitrogens with zero attached hydrogens (tertiary/aromatic N) is 4. The predicted octanol–water partition coefficient (Wildman–Crippen LogP) is 2.45. The van der Waals surface area contributed by atoms with Gasteiger partial charge in [0.15, 0.2) is 5.96 Å². The van der Waals surface area contributed by atoms with Gasteiger partial charge in [0.2, 0.25) is 0 Å². The monoisotopic (exact) mass is 362 g/mol. The van der Waals surface area contributed by atoms with E-state index in [1.165, 1.54) is 0 Å². The Labute approximate surface area is 152 Å². The number of ether oxygens (including phenoxy) is 1. The van der Waals surface area contributed by atoms with Gasteiger partial charge in [0.05, 0.1) is 13.2 Å². The molecule has 2 aromatic rings. The summed E-state index contributed by atoms with van der Waals surface area (Å²) in [5, 5.41) is 11.9. The maximum atomic E-state index is 6.01. The molecule has 0 saturated heterocycles. The number of aromatic nitrogens is 3. The van der Waals surface area contributed by atoms with E-state index < -0.39 is 0 Å². The third-order valence-corrected chi connectivity index (χ3v) is 4.45. The molecule has 25 heavy (non-hydrogen) atoms. The molecule has 2 N–H and O–H groups in total. The highest BCUT2D eigenvalue weighted by Crippen LogP contribution is 2.24. The molecule has 2 heterocycles. The van der Waals surface area contributed by atoms with Crippen molar-refractivity contribution in [3.05, 3.63) is 40.4 Å². The fraction of sp³-hybridized carbons (Fsp3) is 0.471. The van der Waals surface area contributed by atoms with Gasteiger partial charge in [-0.25, -0.2) is 9.67 Å². The normalized spacial score (nSPS) is 17.1. The summed E-state index contributed by atoms with van der Waals surface area (Å²) >= 11 is 6.01. The first kappa shape index (κ1) is 17.5. The van der Waals surface area contributed by atoms with E-state index in [0.29, 0.717) is 11.6 Å². The number of hydrogen-bond donors (Lipinski definition) is 2. The summed E-state index contributed by atoms with van der Waals surface area (Å²) in [6.07, 6.45) is 2.07. The smallest absolute Gasteiger partial charge is 0.191 e. The number of rotatable bonds is 4. The van der Waals surface area contributed by atoms with Crippen LogP contribution in [0.4, 0.5) is 0 Å². The zero-order valence-electron chi connectivity index (χ0n) is 14.7. The van der Waals surface area contributed by atoms with Gasteiger partial charge in [0.1, 0.15) is 17.4 Å². The second kappa shape index (κ2) is 7.74. The SMILES string of the molecule is CN=C(NCc1ccc(Cl)cc1OC)NC1CCCn2nc(C)nc21. The fourth-order valence-corrected chi connectivity index (χ4v) is 3.17. The zero-order chi connectivity index (χ0) is 17.8. The third-order valence-electron chi connectivity index (χ3n) is 4.21. The summed E-state index contributed by atoms with van der Waals surface area (Å²) in [7, 11) is 3.40. The van der Waals surface area contributed by atoms with Gasteiger partial charge in [-0.2, -0.15) is 5.10 Å². The summed E-state index contributed by atoms with van der Waals surface area (Å²) in [4.78, 5) is 8.87. The van der Waals surface area contributed by atoms with Gasteiger partial charge < -0.3 is 15.4 Å². The molecule has 1 aromatic carbocycles. The quantitative estimate of drug-likeness (QED) is 0.645. The first-order valence-electron chi connectivity index (χ1n) is 8.31. The lowest BCUT2D eigenvalue weighted by atomic mass is 10.1. The van der Waals surface area contributed by atoms with E-state index in [-0.39, 0.29) is 6.04 Å². The maximum Gasteiger partial charge on any atom is 0.191 e. The molecule has 1 unspecified atom stereocenters. The van der Waals surface area contributed by atoms with Gasteiger partial charge in [-0.05, 0) is 31.9 Å². The average Bonchev–Trinajstić information content (AvgIpc) is 3.00. The van der Waals surface area contributed by atoms with Gasteiger partial charge in [-0.1, -0.05) is 17.7 Å². The Morgan fingerprint density at radius 2 is 2.32 bits per heavy atom. The van der Waals surface area contributed by atoms with E-state index in [0.717, 1.165) is 48.3 Å². The Hall–Kier alpha value is -2.28. The summed E-state index contributed by atoms with van der Waals surface area (Å²) in [6.45, 7) is 3.42. The molecule has 0 spiro atoms. The number of hydrogen-bond acceptors (Lipinski definition) is 4. The molecule has 0 saturated carbocycles. The lowest BCUT2D eigenvalue weighted by molar-refractivity contribution is 0.397. The molecule has 0 fully saturated rings. The zero-order valence-corrected chi connectivity index (χ0v) is 15.5. The van der Waals surface area contributed by atoms with Crippen molar-refractivity contribution < 1.29 is 4.74 Å². The minimum Gasteiger partial charge on any atom is -0.496 e. The van der Waals surface area contributed by atoms with Gasteiger partial charge in [0.25, 0.3) is 0 Å². The summed E-state index contributed by atoms with van der Waals surface area (Å²) in [6, 6.07) is 5.71. The van der Waals surface area contributed by atoms with Crippen molar-refractivity contribution in [2.75, 3.05) is 14.2 Å². The molecule has 3 rings (SSSR count). The Bertz CT molecular complexity index is 772. The van der Waals surface area contributed by atoms with Crippen molar-refractivity contribution in [1.29, 1.82) is 0 Å². The highest BCUT2D eigenvalue weighted by atomic mass is 35.5. The lowest BCUT2D eigenvalue weighted by Crippen LogP contribution is -2.41. The molecule has 1 aliphatic heterocycles. The van der Waals surface area contributed by atoms with Crippen LogP contribution in [0.25, 0.3) is 0 Å². The van der Waals surface area contributed by atoms with Crippen molar-refractivity contribution in [2.24, 2.45) is 4.99 Å². The second-order valence-corrected chi connectivity index (χ2v) is 6.40. The molecule has 1 aromatic heterocycles. The Kier molecular flexibility index (Phi) is 5.43. The number of aryl methyl sites for hydroxylation is 2. The number of benzene rings is 1. The standard InChI is InChI=1S/C17H23ClN6O/c1-11-21-16-14(5-4-8-24(16)23-11)22-17(19-2)20-10-12-6-7-13(18)9-15(12)25-3/h6-7,9,14H,4-5,8,10H2,1-3H3,(H2,19,20,22). The van der Waals surface area contributed by atoms with Crippen LogP contribution in [0.1, 0.15) is 36.1 Å². The summed E-state index contributed by atoms with van der Waals surface area (Å²) in [5.41, 5.74) is 1.01. The first-order valence-corrected chi connectivity index (χ1v) is 8.69. The molecule has 7 nitrogen and oxygen atoms in total. The van der Waals surface area contributed by atoms with Crippen LogP contribution in [0.15, 0.2) is 23.2 Å². The first-order chi connectivity index (χ1) is 12.1. The van der Waals surface area contributed by atoms with Crippen molar-refractivity contribution in [1.82, 2.24) is 25.4 Å². The van der Waals surface area contributed by atoms with Crippen LogP contribution in [0.3, 0.4) is 0 Å². The van der Waals surface area contributed by atoms with E-state index in [1.54, 1.807) is 20.2 Å². The van der Waals surface area contributed by atoms with Crippen molar-refractivity contribution in [3.63, 3.8) is 0 Å². The molecule has 8 heteroatoms. The number of fused-ring (bicyclic) bond motifs is 1. The molecule has 1 aliphatic rings. The van der Waals surface area contributed by atoms with E-state index in [9.17, 15) is 0 Å². The third kappa shape index (κ3) is 4.04. The van der Waals surface area contributed by atoms with Crippen LogP contribution in [0.2, 0.25) is 5.02 Å². The summed E-state index contributed by atoms with van der Waals surface area (Å²) < 4.78 is 7.36. The number of guanidine groups is 1. The van der Waals surface area contributed by atoms with Crippen LogP contribution in [-0.4, -0.2) is 34.9 Å². The number of halogens is 1. The van der Waals surface area contributed by atoms with Crippen LogP contribution < -0.4 is 15.4 Å². The highest BCUT2D eigenvalue weighted by molar-refractivity contribution is 6.30. The molecular formula is C17H23ClN6O. The van der Waals surface area contributed by atoms with E-state index in [1.807, 2.05) is 23.7 Å². The van der Waals surface area contributed by atoms with Gasteiger partial charge in [0, 0.05) is 30.7 Å². The number of methoxy groups -OCH3 is 1. The lowest BCUT2D eigenvalue weighted by Gasteiger charge is -2.25. The highest BCUT2D eigenvalue weighted by Gasteiger charge is 2.24. The fourth-order valence-electron chi connectivity index (χ4n) is 3.01. The second-order valence-electron chi connectivity index (χ2n) is 5.96. The van der Waals surface area contributed by atoms with Gasteiger partial charge in [-0.3, -0.25) is 4.99 Å². The Morgan fingerprint density at radius 3 is 3.08 bits per heavy atom. The van der Waals surface area contributed by atoms with Crippen molar-refractivity contribution >= 4 is 17.6 Å². The molecule has 0 amide bonds. The Morgan fingerprint density at radius 1 is 1.48 bits per heavy atom. The van der Waals surface area contributed by atoms with Crippen LogP contribution in [0.5, 0.6) is 5.75 Å². The minimum absolute atomic E-state index is 0.105. The van der Waals surface area contributed by atoms with Crippen molar-refractivity contribution in [2.45, 2.75) is 38.9 Å². The van der Waals surface area contributed by atoms with Crippen LogP contribution in [-0.2, 0) is 13.1 Å². The van der Waals surface area contributed by atoms with Crippen LogP contribution >= 0.6 is 11.6 Å². The number of nitrogens with one attached hydrogen (secondary N) is 2.